The Morgan fingerprint density at radius 3 is 2.53 bits per heavy atom. The van der Waals surface area contributed by atoms with Gasteiger partial charge in [-0.05, 0) is 18.6 Å². The van der Waals surface area contributed by atoms with Gasteiger partial charge >= 0.3 is 6.18 Å². The molecule has 2 aromatic heterocycles. The first kappa shape index (κ1) is 21.8. The molecule has 7 nitrogen and oxygen atoms in total. The summed E-state index contributed by atoms with van der Waals surface area (Å²) in [6, 6.07) is 5.76. The van der Waals surface area contributed by atoms with Crippen LogP contribution in [0.5, 0.6) is 5.75 Å². The molecule has 2 heterocycles. The Hall–Kier alpha value is -2.95. The van der Waals surface area contributed by atoms with E-state index in [1.165, 1.54) is 31.4 Å². The van der Waals surface area contributed by atoms with Crippen LogP contribution in [-0.4, -0.2) is 38.3 Å². The van der Waals surface area contributed by atoms with Gasteiger partial charge in [-0.15, -0.1) is 0 Å². The van der Waals surface area contributed by atoms with Gasteiger partial charge in [0.2, 0.25) is 0 Å². The molecule has 0 atom stereocenters. The Labute approximate surface area is 171 Å². The van der Waals surface area contributed by atoms with Crippen LogP contribution in [0.3, 0.4) is 0 Å². The number of ether oxygens (including phenoxy) is 1. The second-order valence-corrected chi connectivity index (χ2v) is 8.68. The highest BCUT2D eigenvalue weighted by Gasteiger charge is 2.35. The Bertz CT molecular complexity index is 1170. The summed E-state index contributed by atoms with van der Waals surface area (Å²) in [5.41, 5.74) is -0.0340. The van der Waals surface area contributed by atoms with Crippen molar-refractivity contribution in [3.63, 3.8) is 0 Å². The lowest BCUT2D eigenvalue weighted by molar-refractivity contribution is -0.136. The number of rotatable bonds is 7. The Morgan fingerprint density at radius 1 is 1.20 bits per heavy atom. The molecule has 0 aliphatic carbocycles. The number of aromatic nitrogens is 2. The lowest BCUT2D eigenvalue weighted by Gasteiger charge is -2.15. The molecule has 0 saturated heterocycles. The summed E-state index contributed by atoms with van der Waals surface area (Å²) in [6.07, 6.45) is -1.83. The maximum absolute atomic E-state index is 13.4. The molecule has 3 N–H and O–H groups in total. The van der Waals surface area contributed by atoms with E-state index in [-0.39, 0.29) is 33.2 Å². The molecule has 0 aliphatic rings. The largest absolute Gasteiger partial charge is 0.495 e. The maximum Gasteiger partial charge on any atom is 0.418 e. The van der Waals surface area contributed by atoms with Crippen LogP contribution in [0, 0.1) is 0 Å². The predicted molar refractivity (Wildman–Crippen MR) is 109 cm³/mol. The summed E-state index contributed by atoms with van der Waals surface area (Å²) < 4.78 is 68.9. The number of aromatic amines is 1. The van der Waals surface area contributed by atoms with Crippen LogP contribution in [0.15, 0.2) is 35.4 Å². The number of sulfone groups is 1. The molecular weight excluding hydrogens is 421 g/mol. The number of halogens is 3. The molecule has 11 heteroatoms. The van der Waals surface area contributed by atoms with Gasteiger partial charge in [-0.3, -0.25) is 0 Å². The zero-order valence-electron chi connectivity index (χ0n) is 16.5. The zero-order valence-corrected chi connectivity index (χ0v) is 17.3. The lowest BCUT2D eigenvalue weighted by atomic mass is 10.1. The highest BCUT2D eigenvalue weighted by atomic mass is 32.2. The van der Waals surface area contributed by atoms with Gasteiger partial charge in [0.05, 0.1) is 28.6 Å². The van der Waals surface area contributed by atoms with Gasteiger partial charge < -0.3 is 20.4 Å². The molecule has 0 radical (unpaired) electrons. The van der Waals surface area contributed by atoms with Crippen molar-refractivity contribution in [2.45, 2.75) is 24.4 Å². The van der Waals surface area contributed by atoms with E-state index in [1.54, 1.807) is 0 Å². The summed E-state index contributed by atoms with van der Waals surface area (Å²) >= 11 is 0. The molecule has 0 bridgehead atoms. The monoisotopic (exact) mass is 442 g/mol. The Morgan fingerprint density at radius 2 is 1.93 bits per heavy atom. The van der Waals surface area contributed by atoms with Crippen molar-refractivity contribution in [3.8, 4) is 5.75 Å². The van der Waals surface area contributed by atoms with Crippen LogP contribution in [-0.2, 0) is 16.0 Å². The van der Waals surface area contributed by atoms with E-state index in [0.717, 1.165) is 18.9 Å². The van der Waals surface area contributed by atoms with Gasteiger partial charge in [-0.2, -0.15) is 13.2 Å². The van der Waals surface area contributed by atoms with Crippen LogP contribution in [0.1, 0.15) is 18.9 Å². The standard InChI is InChI=1S/C19H21F3N4O3S/c1-4-7-23-14-9-16(26-18-17(14)12(10-24-18)19(20,21)22)25-13-6-5-11(30(3,27)28)8-15(13)29-2/h5-6,8-10H,4,7H2,1-3H3,(H3,23,24,25,26). The molecule has 0 unspecified atom stereocenters. The molecule has 3 aromatic rings. The molecule has 1 aromatic carbocycles. The third-order valence-electron chi connectivity index (χ3n) is 4.38. The molecule has 0 spiro atoms. The van der Waals surface area contributed by atoms with Crippen LogP contribution in [0.4, 0.5) is 30.4 Å². The predicted octanol–water partition coefficient (Wildman–Crippen LogP) is 4.56. The van der Waals surface area contributed by atoms with Crippen molar-refractivity contribution in [2.75, 3.05) is 30.5 Å². The average Bonchev–Trinajstić information content (AvgIpc) is 3.10. The minimum Gasteiger partial charge on any atom is -0.495 e. The molecular formula is C19H21F3N4O3S. The fraction of sp³-hybridized carbons (Fsp3) is 0.316. The van der Waals surface area contributed by atoms with Crippen LogP contribution in [0.2, 0.25) is 0 Å². The fourth-order valence-corrected chi connectivity index (χ4v) is 3.60. The first-order valence-electron chi connectivity index (χ1n) is 9.03. The minimum atomic E-state index is -4.53. The van der Waals surface area contributed by atoms with Crippen molar-refractivity contribution in [3.05, 3.63) is 36.0 Å². The van der Waals surface area contributed by atoms with E-state index in [0.29, 0.717) is 12.2 Å². The molecule has 0 saturated carbocycles. The molecule has 3 rings (SSSR count). The van der Waals surface area contributed by atoms with Crippen molar-refractivity contribution in [1.82, 2.24) is 9.97 Å². The van der Waals surface area contributed by atoms with E-state index < -0.39 is 21.6 Å². The van der Waals surface area contributed by atoms with E-state index in [9.17, 15) is 21.6 Å². The highest BCUT2D eigenvalue weighted by molar-refractivity contribution is 7.90. The van der Waals surface area contributed by atoms with Gasteiger partial charge in [-0.25, -0.2) is 13.4 Å². The van der Waals surface area contributed by atoms with Crippen LogP contribution >= 0.6 is 0 Å². The normalized spacial score (nSPS) is 12.2. The Kier molecular flexibility index (Phi) is 5.84. The SMILES string of the molecule is CCCNc1cc(Nc2ccc(S(C)(=O)=O)cc2OC)nc2[nH]cc(C(F)(F)F)c12. The quantitative estimate of drug-likeness (QED) is 0.497. The molecule has 0 aliphatic heterocycles. The van der Waals surface area contributed by atoms with Gasteiger partial charge in [0.15, 0.2) is 9.84 Å². The average molecular weight is 442 g/mol. The van der Waals surface area contributed by atoms with Crippen molar-refractivity contribution in [2.24, 2.45) is 0 Å². The van der Waals surface area contributed by atoms with Crippen LogP contribution in [0.25, 0.3) is 11.0 Å². The number of fused-ring (bicyclic) bond motifs is 1. The van der Waals surface area contributed by atoms with Gasteiger partial charge in [0, 0.05) is 36.8 Å². The first-order chi connectivity index (χ1) is 14.0. The number of hydrogen-bond acceptors (Lipinski definition) is 6. The first-order valence-corrected chi connectivity index (χ1v) is 10.9. The van der Waals surface area contributed by atoms with Crippen molar-refractivity contribution in [1.29, 1.82) is 0 Å². The number of methoxy groups -OCH3 is 1. The number of anilines is 3. The van der Waals surface area contributed by atoms with E-state index in [1.807, 2.05) is 6.92 Å². The van der Waals surface area contributed by atoms with E-state index in [4.69, 9.17) is 4.74 Å². The highest BCUT2D eigenvalue weighted by Crippen LogP contribution is 2.39. The fourth-order valence-electron chi connectivity index (χ4n) is 2.96. The lowest BCUT2D eigenvalue weighted by Crippen LogP contribution is -2.07. The second-order valence-electron chi connectivity index (χ2n) is 6.66. The van der Waals surface area contributed by atoms with Crippen molar-refractivity contribution >= 4 is 38.1 Å². The molecule has 0 fully saturated rings. The maximum atomic E-state index is 13.4. The number of H-pyrrole nitrogens is 1. The minimum absolute atomic E-state index is 0.0408. The number of benzene rings is 1. The van der Waals surface area contributed by atoms with Gasteiger partial charge in [0.25, 0.3) is 0 Å². The molecule has 0 amide bonds. The van der Waals surface area contributed by atoms with Gasteiger partial charge in [-0.1, -0.05) is 6.92 Å². The summed E-state index contributed by atoms with van der Waals surface area (Å²) in [6.45, 7) is 2.38. The number of hydrogen-bond donors (Lipinski definition) is 3. The smallest absolute Gasteiger partial charge is 0.418 e. The molecule has 30 heavy (non-hydrogen) atoms. The summed E-state index contributed by atoms with van der Waals surface area (Å²) in [7, 11) is -2.04. The number of pyridine rings is 1. The van der Waals surface area contributed by atoms with E-state index in [2.05, 4.69) is 20.6 Å². The Balaban J connectivity index is 2.07. The van der Waals surface area contributed by atoms with Crippen molar-refractivity contribution < 1.29 is 26.3 Å². The zero-order chi connectivity index (χ0) is 22.1. The number of nitrogens with zero attached hydrogens (tertiary/aromatic N) is 1. The van der Waals surface area contributed by atoms with Gasteiger partial charge in [0.1, 0.15) is 17.2 Å². The topological polar surface area (TPSA) is 96.1 Å². The van der Waals surface area contributed by atoms with E-state index >= 15 is 0 Å². The third-order valence-corrected chi connectivity index (χ3v) is 5.49. The number of alkyl halides is 3. The molecule has 162 valence electrons. The summed E-state index contributed by atoms with van der Waals surface area (Å²) in [4.78, 5) is 6.89. The third kappa shape index (κ3) is 4.45. The second kappa shape index (κ2) is 8.05. The van der Waals surface area contributed by atoms with Crippen LogP contribution < -0.4 is 15.4 Å². The summed E-state index contributed by atoms with van der Waals surface area (Å²) in [5, 5.41) is 5.96. The number of nitrogens with one attached hydrogen (secondary N) is 3. The summed E-state index contributed by atoms with van der Waals surface area (Å²) in [5.74, 6) is 0.521.